The Balaban J connectivity index is 1.68. The lowest BCUT2D eigenvalue weighted by atomic mass is 9.73. The average Bonchev–Trinajstić information content (AvgIpc) is 2.94. The molecule has 0 amide bonds. The molecule has 1 aliphatic heterocycles. The summed E-state index contributed by atoms with van der Waals surface area (Å²) in [6, 6.07) is 19.0. The molecule has 5 rings (SSSR count). The number of halogens is 1. The Bertz CT molecular complexity index is 1710. The van der Waals surface area contributed by atoms with Crippen LogP contribution in [0.4, 0.5) is 11.4 Å². The van der Waals surface area contributed by atoms with Gasteiger partial charge >= 0.3 is 0 Å². The van der Waals surface area contributed by atoms with Crippen LogP contribution >= 0.6 is 23.4 Å². The molecule has 1 unspecified atom stereocenters. The largest absolute Gasteiger partial charge is 0.384 e. The second-order valence-electron chi connectivity index (χ2n) is 10.4. The minimum Gasteiger partial charge on any atom is -0.384 e. The number of rotatable bonds is 6. The van der Waals surface area contributed by atoms with E-state index in [0.29, 0.717) is 30.5 Å². The molecule has 0 spiro atoms. The van der Waals surface area contributed by atoms with Gasteiger partial charge in [-0.05, 0) is 74.1 Å². The topological polar surface area (TPSA) is 113 Å². The quantitative estimate of drug-likeness (QED) is 0.179. The van der Waals surface area contributed by atoms with Crippen LogP contribution in [-0.2, 0) is 10.5 Å². The maximum Gasteiger partial charge on any atom is 0.294 e. The number of aryl methyl sites for hydroxylation is 2. The summed E-state index contributed by atoms with van der Waals surface area (Å²) < 4.78 is 0. The number of hydrogen-bond donors (Lipinski definition) is 1. The van der Waals surface area contributed by atoms with Crippen molar-refractivity contribution in [3.8, 4) is 6.07 Å². The van der Waals surface area contributed by atoms with Crippen LogP contribution in [0.15, 0.2) is 82.2 Å². The van der Waals surface area contributed by atoms with Crippen molar-refractivity contribution < 1.29 is 9.72 Å². The van der Waals surface area contributed by atoms with Gasteiger partial charge in [-0.2, -0.15) is 5.26 Å². The van der Waals surface area contributed by atoms with Gasteiger partial charge in [0.15, 0.2) is 5.78 Å². The lowest BCUT2D eigenvalue weighted by Crippen LogP contribution is -2.39. The number of anilines is 1. The Morgan fingerprint density at radius 2 is 1.90 bits per heavy atom. The molecular weight excluding hydrogens is 556 g/mol. The monoisotopic (exact) mass is 584 g/mol. The zero-order valence-corrected chi connectivity index (χ0v) is 24.6. The number of nitrogens with two attached hydrogens (primary N) is 1. The smallest absolute Gasteiger partial charge is 0.294 e. The first-order chi connectivity index (χ1) is 19.6. The fourth-order valence-electron chi connectivity index (χ4n) is 5.79. The molecule has 3 aromatic rings. The Kier molecular flexibility index (Phi) is 7.94. The lowest BCUT2D eigenvalue weighted by Gasteiger charge is -2.40. The normalized spacial score (nSPS) is 17.0. The average molecular weight is 585 g/mol. The van der Waals surface area contributed by atoms with Gasteiger partial charge in [0.2, 0.25) is 0 Å². The highest BCUT2D eigenvalue weighted by Gasteiger charge is 2.42. The van der Waals surface area contributed by atoms with E-state index in [-0.39, 0.29) is 33.6 Å². The van der Waals surface area contributed by atoms with E-state index in [1.165, 1.54) is 27.5 Å². The summed E-state index contributed by atoms with van der Waals surface area (Å²) in [5, 5.41) is 22.7. The maximum atomic E-state index is 13.6. The minimum atomic E-state index is -0.660. The van der Waals surface area contributed by atoms with E-state index in [2.05, 4.69) is 31.2 Å². The maximum absolute atomic E-state index is 13.6. The van der Waals surface area contributed by atoms with Crippen LogP contribution in [0.3, 0.4) is 0 Å². The predicted molar refractivity (Wildman–Crippen MR) is 163 cm³/mol. The van der Waals surface area contributed by atoms with Gasteiger partial charge < -0.3 is 5.73 Å². The molecule has 208 valence electrons. The molecule has 7 nitrogen and oxygen atoms in total. The van der Waals surface area contributed by atoms with Gasteiger partial charge in [0, 0.05) is 39.4 Å². The number of carbonyl (C=O) groups excluding carboxylic acids is 1. The summed E-state index contributed by atoms with van der Waals surface area (Å²) in [6.07, 6.45) is 1.42. The second kappa shape index (κ2) is 11.4. The first kappa shape index (κ1) is 28.5. The molecule has 1 heterocycles. The number of nitrogens with zero attached hydrogens (tertiary/aromatic N) is 3. The van der Waals surface area contributed by atoms with Crippen LogP contribution in [0.2, 0.25) is 5.02 Å². The lowest BCUT2D eigenvalue weighted by molar-refractivity contribution is -0.384. The number of nitro benzene ring substituents is 1. The highest BCUT2D eigenvalue weighted by Crippen LogP contribution is 2.49. The predicted octanol–water partition coefficient (Wildman–Crippen LogP) is 7.77. The zero-order chi connectivity index (χ0) is 29.4. The van der Waals surface area contributed by atoms with Gasteiger partial charge in [-0.15, -0.1) is 11.8 Å². The molecule has 2 N–H and O–H groups in total. The van der Waals surface area contributed by atoms with Crippen molar-refractivity contribution in [1.29, 1.82) is 5.26 Å². The van der Waals surface area contributed by atoms with Crippen molar-refractivity contribution in [1.82, 2.24) is 0 Å². The summed E-state index contributed by atoms with van der Waals surface area (Å²) in [5.41, 5.74) is 13.1. The molecule has 3 aromatic carbocycles. The molecular formula is C32H29ClN4O3S. The third-order valence-electron chi connectivity index (χ3n) is 7.78. The van der Waals surface area contributed by atoms with Crippen LogP contribution in [0.1, 0.15) is 53.0 Å². The zero-order valence-electron chi connectivity index (χ0n) is 23.0. The van der Waals surface area contributed by atoms with Crippen LogP contribution in [0, 0.1) is 42.2 Å². The van der Waals surface area contributed by atoms with Gasteiger partial charge in [-0.25, -0.2) is 0 Å². The summed E-state index contributed by atoms with van der Waals surface area (Å²) in [5.74, 6) is 0.0813. The number of hydrogen-bond acceptors (Lipinski definition) is 7. The van der Waals surface area contributed by atoms with E-state index in [1.807, 2.05) is 32.0 Å². The third kappa shape index (κ3) is 5.23. The number of nitriles is 1. The highest BCUT2D eigenvalue weighted by molar-refractivity contribution is 7.98. The van der Waals surface area contributed by atoms with Gasteiger partial charge in [0.1, 0.15) is 11.5 Å². The van der Waals surface area contributed by atoms with Gasteiger partial charge in [0.25, 0.3) is 5.69 Å². The first-order valence-corrected chi connectivity index (χ1v) is 14.7. The first-order valence-electron chi connectivity index (χ1n) is 13.3. The number of Topliss-reactive ketones (excluding diaryl/α,β-unsaturated/α-hetero) is 1. The molecule has 0 fully saturated rings. The molecule has 1 atom stereocenters. The van der Waals surface area contributed by atoms with E-state index < -0.39 is 10.8 Å². The standard InChI is InChI=1S/C32H29ClN4O3S/c1-18-13-21(17-41-29-10-5-4-7-19(29)2)20(3)23(14-18)30-24(16-34)32(35)36(26-8-6-9-28(38)31(26)30)25-12-11-22(33)15-27(25)37(39)40/h4-5,7,10-15,30H,6,8-9,17,35H2,1-3H3. The Morgan fingerprint density at radius 3 is 2.61 bits per heavy atom. The van der Waals surface area contributed by atoms with Crippen molar-refractivity contribution in [2.24, 2.45) is 5.73 Å². The Morgan fingerprint density at radius 1 is 1.15 bits per heavy atom. The number of carbonyl (C=O) groups is 1. The van der Waals surface area contributed by atoms with E-state index in [4.69, 9.17) is 17.3 Å². The van der Waals surface area contributed by atoms with Crippen LogP contribution in [-0.4, -0.2) is 10.7 Å². The minimum absolute atomic E-state index is 0.0742. The molecule has 0 aromatic heterocycles. The number of benzene rings is 3. The van der Waals surface area contributed by atoms with Crippen LogP contribution < -0.4 is 10.6 Å². The number of allylic oxidation sites excluding steroid dienone is 3. The fourth-order valence-corrected chi connectivity index (χ4v) is 7.04. The molecule has 0 radical (unpaired) electrons. The number of ketones is 1. The third-order valence-corrected chi connectivity index (χ3v) is 9.24. The SMILES string of the molecule is Cc1cc(CSc2ccccc2C)c(C)c(C2C(C#N)=C(N)N(c3ccc(Cl)cc3[N+](=O)[O-])C3=C2C(=O)CCC3)c1. The van der Waals surface area contributed by atoms with E-state index >= 15 is 0 Å². The summed E-state index contributed by atoms with van der Waals surface area (Å²) in [4.78, 5) is 27.8. The summed E-state index contributed by atoms with van der Waals surface area (Å²) in [7, 11) is 0. The van der Waals surface area contributed by atoms with Gasteiger partial charge in [-0.1, -0.05) is 47.5 Å². The molecule has 0 saturated carbocycles. The molecule has 0 saturated heterocycles. The molecule has 9 heteroatoms. The van der Waals surface area contributed by atoms with Crippen LogP contribution in [0.5, 0.6) is 0 Å². The molecule has 0 bridgehead atoms. The molecule has 2 aliphatic rings. The van der Waals surface area contributed by atoms with Crippen LogP contribution in [0.25, 0.3) is 0 Å². The summed E-state index contributed by atoms with van der Waals surface area (Å²) in [6.45, 7) is 6.12. The van der Waals surface area contributed by atoms with E-state index in [0.717, 1.165) is 28.0 Å². The Hall–Kier alpha value is -4.06. The van der Waals surface area contributed by atoms with Crippen molar-refractivity contribution in [2.45, 2.75) is 56.6 Å². The van der Waals surface area contributed by atoms with Crippen molar-refractivity contribution in [3.63, 3.8) is 0 Å². The molecule has 1 aliphatic carbocycles. The van der Waals surface area contributed by atoms with Gasteiger partial charge in [0.05, 0.1) is 22.5 Å². The fraction of sp³-hybridized carbons (Fsp3) is 0.250. The van der Waals surface area contributed by atoms with Gasteiger partial charge in [-0.3, -0.25) is 19.8 Å². The van der Waals surface area contributed by atoms with Crippen molar-refractivity contribution in [2.75, 3.05) is 4.90 Å². The van der Waals surface area contributed by atoms with Crippen molar-refractivity contribution >= 4 is 40.5 Å². The number of nitro groups is 1. The van der Waals surface area contributed by atoms with E-state index in [9.17, 15) is 20.2 Å². The Labute approximate surface area is 248 Å². The highest BCUT2D eigenvalue weighted by atomic mass is 35.5. The molecule has 41 heavy (non-hydrogen) atoms. The van der Waals surface area contributed by atoms with E-state index in [1.54, 1.807) is 17.8 Å². The van der Waals surface area contributed by atoms with Crippen molar-refractivity contribution in [3.05, 3.63) is 120 Å². The number of thioether (sulfide) groups is 1. The second-order valence-corrected chi connectivity index (χ2v) is 11.9. The summed E-state index contributed by atoms with van der Waals surface area (Å²) >= 11 is 7.84.